The number of benzene rings is 1. The molecule has 0 saturated heterocycles. The summed E-state index contributed by atoms with van der Waals surface area (Å²) in [7, 11) is 1.56. The number of allylic oxidation sites excluding steroid dienone is 3. The third-order valence-electron chi connectivity index (χ3n) is 4.97. The minimum atomic E-state index is -0.402. The van der Waals surface area contributed by atoms with Gasteiger partial charge in [-0.15, -0.1) is 11.8 Å². The van der Waals surface area contributed by atoms with Crippen LogP contribution in [0.15, 0.2) is 51.7 Å². The Morgan fingerprint density at radius 3 is 2.63 bits per heavy atom. The summed E-state index contributed by atoms with van der Waals surface area (Å²) >= 11 is 1.66. The lowest BCUT2D eigenvalue weighted by Gasteiger charge is -2.34. The predicted octanol–water partition coefficient (Wildman–Crippen LogP) is 3.57. The van der Waals surface area contributed by atoms with Crippen molar-refractivity contribution in [3.05, 3.63) is 52.4 Å². The highest BCUT2D eigenvalue weighted by molar-refractivity contribution is 7.98. The van der Waals surface area contributed by atoms with Gasteiger partial charge >= 0.3 is 5.97 Å². The molecule has 1 aromatic rings. The minimum absolute atomic E-state index is 0.109. The van der Waals surface area contributed by atoms with Crippen LogP contribution < -0.4 is 5.32 Å². The van der Waals surface area contributed by atoms with Gasteiger partial charge in [0, 0.05) is 41.3 Å². The quantitative estimate of drug-likeness (QED) is 0.457. The average Bonchev–Trinajstić information content (AvgIpc) is 2.67. The molecule has 0 unspecified atom stereocenters. The number of dihydropyridines is 1. The first-order valence-electron chi connectivity index (χ1n) is 9.10. The molecule has 6 heteroatoms. The molecular formula is C21H25NO4S. The van der Waals surface area contributed by atoms with Crippen LogP contribution in [0.3, 0.4) is 0 Å². The van der Waals surface area contributed by atoms with Gasteiger partial charge < -0.3 is 14.8 Å². The molecule has 2 aliphatic rings. The van der Waals surface area contributed by atoms with Gasteiger partial charge in [0.05, 0.1) is 12.2 Å². The Morgan fingerprint density at radius 1 is 1.22 bits per heavy atom. The number of thioether (sulfide) groups is 1. The van der Waals surface area contributed by atoms with Crippen molar-refractivity contribution >= 4 is 23.5 Å². The van der Waals surface area contributed by atoms with E-state index in [-0.39, 0.29) is 18.3 Å². The average molecular weight is 388 g/mol. The van der Waals surface area contributed by atoms with Crippen molar-refractivity contribution < 1.29 is 19.1 Å². The van der Waals surface area contributed by atoms with E-state index in [0.717, 1.165) is 34.7 Å². The number of nitrogens with one attached hydrogen (secondary N) is 1. The van der Waals surface area contributed by atoms with E-state index >= 15 is 0 Å². The van der Waals surface area contributed by atoms with Crippen molar-refractivity contribution in [2.75, 3.05) is 26.6 Å². The molecule has 3 rings (SSSR count). The third kappa shape index (κ3) is 4.12. The monoisotopic (exact) mass is 387 g/mol. The molecule has 0 radical (unpaired) electrons. The van der Waals surface area contributed by atoms with Gasteiger partial charge in [-0.25, -0.2) is 4.79 Å². The highest BCUT2D eigenvalue weighted by atomic mass is 32.2. The zero-order chi connectivity index (χ0) is 19.4. The van der Waals surface area contributed by atoms with Crippen LogP contribution in [0, 0.1) is 0 Å². The highest BCUT2D eigenvalue weighted by Crippen LogP contribution is 2.42. The first-order chi connectivity index (χ1) is 13.1. The van der Waals surface area contributed by atoms with Crippen molar-refractivity contribution in [3.63, 3.8) is 0 Å². The molecular weight excluding hydrogens is 362 g/mol. The van der Waals surface area contributed by atoms with E-state index in [1.54, 1.807) is 18.9 Å². The van der Waals surface area contributed by atoms with Crippen molar-refractivity contribution in [1.82, 2.24) is 5.32 Å². The van der Waals surface area contributed by atoms with Gasteiger partial charge in [-0.05, 0) is 43.7 Å². The summed E-state index contributed by atoms with van der Waals surface area (Å²) in [5, 5.41) is 3.29. The van der Waals surface area contributed by atoms with E-state index in [9.17, 15) is 9.59 Å². The fourth-order valence-corrected chi connectivity index (χ4v) is 4.09. The largest absolute Gasteiger partial charge is 0.460 e. The van der Waals surface area contributed by atoms with Crippen LogP contribution in [-0.2, 0) is 19.1 Å². The zero-order valence-corrected chi connectivity index (χ0v) is 16.8. The van der Waals surface area contributed by atoms with Gasteiger partial charge in [-0.1, -0.05) is 12.1 Å². The zero-order valence-electron chi connectivity index (χ0n) is 16.0. The summed E-state index contributed by atoms with van der Waals surface area (Å²) in [6.07, 6.45) is 4.20. The first-order valence-corrected chi connectivity index (χ1v) is 10.3. The Labute approximate surface area is 164 Å². The Morgan fingerprint density at radius 2 is 1.96 bits per heavy atom. The summed E-state index contributed by atoms with van der Waals surface area (Å²) in [6, 6.07) is 8.06. The Balaban J connectivity index is 2.03. The second kappa shape index (κ2) is 8.76. The third-order valence-corrected chi connectivity index (χ3v) is 5.71. The molecule has 27 heavy (non-hydrogen) atoms. The van der Waals surface area contributed by atoms with Crippen LogP contribution in [-0.4, -0.2) is 38.3 Å². The number of hydrogen-bond donors (Lipinski definition) is 1. The number of ether oxygens (including phenoxy) is 2. The number of hydrogen-bond acceptors (Lipinski definition) is 6. The maximum Gasteiger partial charge on any atom is 0.336 e. The Kier molecular flexibility index (Phi) is 6.39. The number of carbonyl (C=O) groups excluding carboxylic acids is 2. The number of Topliss-reactive ketones (excluding diaryl/α,β-unsaturated/α-hetero) is 1. The smallest absolute Gasteiger partial charge is 0.336 e. The van der Waals surface area contributed by atoms with Gasteiger partial charge in [0.2, 0.25) is 0 Å². The summed E-state index contributed by atoms with van der Waals surface area (Å²) in [5.41, 5.74) is 3.86. The minimum Gasteiger partial charge on any atom is -0.460 e. The molecule has 1 aliphatic heterocycles. The molecule has 1 aromatic carbocycles. The van der Waals surface area contributed by atoms with Gasteiger partial charge in [-0.2, -0.15) is 0 Å². The maximum atomic E-state index is 12.9. The van der Waals surface area contributed by atoms with Crippen LogP contribution in [0.4, 0.5) is 0 Å². The lowest BCUT2D eigenvalue weighted by Crippen LogP contribution is -2.34. The fraction of sp³-hybridized carbons (Fsp3) is 0.429. The summed E-state index contributed by atoms with van der Waals surface area (Å²) in [6.45, 7) is 2.40. The second-order valence-electron chi connectivity index (χ2n) is 6.67. The summed E-state index contributed by atoms with van der Waals surface area (Å²) < 4.78 is 10.4. The number of ketones is 1. The molecule has 1 N–H and O–H groups in total. The van der Waals surface area contributed by atoms with E-state index < -0.39 is 5.97 Å². The molecule has 1 aliphatic carbocycles. The van der Waals surface area contributed by atoms with Crippen LogP contribution in [0.2, 0.25) is 0 Å². The van der Waals surface area contributed by atoms with E-state index in [2.05, 4.69) is 5.32 Å². The Bertz CT molecular complexity index is 795. The lowest BCUT2D eigenvalue weighted by molar-refractivity contribution is -0.140. The first kappa shape index (κ1) is 19.7. The summed E-state index contributed by atoms with van der Waals surface area (Å²) in [4.78, 5) is 26.8. The highest BCUT2D eigenvalue weighted by Gasteiger charge is 2.39. The van der Waals surface area contributed by atoms with Crippen molar-refractivity contribution in [1.29, 1.82) is 0 Å². The normalized spacial score (nSPS) is 19.7. The number of carbonyl (C=O) groups is 2. The van der Waals surface area contributed by atoms with Crippen LogP contribution in [0.5, 0.6) is 0 Å². The van der Waals surface area contributed by atoms with Crippen molar-refractivity contribution in [2.24, 2.45) is 0 Å². The molecule has 0 bridgehead atoms. The van der Waals surface area contributed by atoms with Crippen LogP contribution in [0.25, 0.3) is 0 Å². The lowest BCUT2D eigenvalue weighted by atomic mass is 9.75. The maximum absolute atomic E-state index is 12.9. The van der Waals surface area contributed by atoms with Gasteiger partial charge in [0.25, 0.3) is 0 Å². The molecule has 1 heterocycles. The van der Waals surface area contributed by atoms with Crippen molar-refractivity contribution in [2.45, 2.75) is 37.0 Å². The molecule has 0 spiro atoms. The Hall–Kier alpha value is -2.05. The van der Waals surface area contributed by atoms with Gasteiger partial charge in [0.1, 0.15) is 6.61 Å². The fourth-order valence-electron chi connectivity index (χ4n) is 3.68. The molecule has 144 valence electrons. The van der Waals surface area contributed by atoms with E-state index in [4.69, 9.17) is 9.47 Å². The van der Waals surface area contributed by atoms with Crippen LogP contribution in [0.1, 0.15) is 37.7 Å². The van der Waals surface area contributed by atoms with Crippen LogP contribution >= 0.6 is 11.8 Å². The predicted molar refractivity (Wildman–Crippen MR) is 106 cm³/mol. The summed E-state index contributed by atoms with van der Waals surface area (Å²) in [5.74, 6) is -0.682. The molecule has 0 fully saturated rings. The van der Waals surface area contributed by atoms with E-state index in [0.29, 0.717) is 24.2 Å². The molecule has 5 nitrogen and oxygen atoms in total. The SMILES string of the molecule is COCCOC(=O)C1=C(C)NC2=C(C(=O)CCC2)[C@@H]1c1ccc(SC)cc1. The van der Waals surface area contributed by atoms with Gasteiger partial charge in [0.15, 0.2) is 5.78 Å². The topological polar surface area (TPSA) is 64.6 Å². The molecule has 1 atom stereocenters. The molecule has 0 amide bonds. The van der Waals surface area contributed by atoms with E-state index in [1.165, 1.54) is 0 Å². The van der Waals surface area contributed by atoms with Gasteiger partial charge in [-0.3, -0.25) is 4.79 Å². The standard InChI is InChI=1S/C21H25NO4S/c1-13-18(21(24)26-12-11-25-2)19(14-7-9-15(27-3)10-8-14)20-16(22-13)5-4-6-17(20)23/h7-10,19,22H,4-6,11-12H2,1-3H3/t19-/m1/s1. The van der Waals surface area contributed by atoms with Crippen molar-refractivity contribution in [3.8, 4) is 0 Å². The number of esters is 1. The number of methoxy groups -OCH3 is 1. The number of rotatable bonds is 6. The molecule has 0 saturated carbocycles. The molecule has 0 aromatic heterocycles. The second-order valence-corrected chi connectivity index (χ2v) is 7.55. The van der Waals surface area contributed by atoms with E-state index in [1.807, 2.05) is 37.4 Å².